The first-order chi connectivity index (χ1) is 15.1. The second kappa shape index (κ2) is 7.74. The summed E-state index contributed by atoms with van der Waals surface area (Å²) in [4.78, 5) is 21.5. The number of benzene rings is 1. The molecule has 6 nitrogen and oxygen atoms in total. The Morgan fingerprint density at radius 1 is 1.00 bits per heavy atom. The highest BCUT2D eigenvalue weighted by atomic mass is 19.4. The zero-order valence-electron chi connectivity index (χ0n) is 17.9. The standard InChI is InChI=1S/C23H20F3N5O/c1-12-9-16(10-13(2)28-12)29-22(32)19-11-27-21-15(4)14(3)20(30-31(19)21)17-7-5-6-8-18(17)23(24,25)26/h5-11H,1-4H3,(H,28,29,32). The van der Waals surface area contributed by atoms with Crippen LogP contribution in [0.1, 0.15) is 38.6 Å². The van der Waals surface area contributed by atoms with Crippen LogP contribution in [0, 0.1) is 27.7 Å². The zero-order chi connectivity index (χ0) is 23.2. The topological polar surface area (TPSA) is 72.2 Å². The molecule has 9 heteroatoms. The summed E-state index contributed by atoms with van der Waals surface area (Å²) in [7, 11) is 0. The minimum absolute atomic E-state index is 0.0528. The Morgan fingerprint density at radius 2 is 1.66 bits per heavy atom. The van der Waals surface area contributed by atoms with Gasteiger partial charge in [-0.1, -0.05) is 18.2 Å². The molecule has 4 rings (SSSR count). The smallest absolute Gasteiger partial charge is 0.320 e. The van der Waals surface area contributed by atoms with Crippen LogP contribution >= 0.6 is 0 Å². The average Bonchev–Trinajstić information content (AvgIpc) is 3.13. The number of halogens is 3. The third-order valence-electron chi connectivity index (χ3n) is 5.25. The van der Waals surface area contributed by atoms with Crippen molar-refractivity contribution in [3.8, 4) is 11.3 Å². The van der Waals surface area contributed by atoms with E-state index in [-0.39, 0.29) is 17.0 Å². The maximum atomic E-state index is 13.6. The molecule has 0 aliphatic carbocycles. The SMILES string of the molecule is Cc1cc(NC(=O)c2cnc3c(C)c(C)c(-c4ccccc4C(F)(F)F)nn23)cc(C)n1. The minimum atomic E-state index is -4.54. The lowest BCUT2D eigenvalue weighted by atomic mass is 9.99. The van der Waals surface area contributed by atoms with E-state index >= 15 is 0 Å². The molecule has 3 heterocycles. The Morgan fingerprint density at radius 3 is 2.31 bits per heavy atom. The Labute approximate surface area is 182 Å². The quantitative estimate of drug-likeness (QED) is 0.470. The third kappa shape index (κ3) is 3.81. The van der Waals surface area contributed by atoms with E-state index in [0.29, 0.717) is 22.5 Å². The number of anilines is 1. The number of carbonyl (C=O) groups is 1. The van der Waals surface area contributed by atoms with Gasteiger partial charge in [-0.25, -0.2) is 9.50 Å². The average molecular weight is 439 g/mol. The highest BCUT2D eigenvalue weighted by Gasteiger charge is 2.34. The largest absolute Gasteiger partial charge is 0.417 e. The number of alkyl halides is 3. The van der Waals surface area contributed by atoms with E-state index in [1.165, 1.54) is 28.9 Å². The lowest BCUT2D eigenvalue weighted by Crippen LogP contribution is -2.17. The molecule has 0 fully saturated rings. The van der Waals surface area contributed by atoms with E-state index in [1.807, 2.05) is 13.8 Å². The van der Waals surface area contributed by atoms with Gasteiger partial charge in [0, 0.05) is 22.6 Å². The Kier molecular flexibility index (Phi) is 5.20. The van der Waals surface area contributed by atoms with Crippen molar-refractivity contribution in [3.05, 3.63) is 76.4 Å². The summed E-state index contributed by atoms with van der Waals surface area (Å²) in [5, 5.41) is 7.21. The molecule has 1 aromatic carbocycles. The first-order valence-corrected chi connectivity index (χ1v) is 9.84. The summed E-state index contributed by atoms with van der Waals surface area (Å²) in [5.74, 6) is -0.478. The normalized spacial score (nSPS) is 11.7. The van der Waals surface area contributed by atoms with Gasteiger partial charge in [-0.2, -0.15) is 18.3 Å². The number of hydrogen-bond acceptors (Lipinski definition) is 4. The van der Waals surface area contributed by atoms with E-state index in [2.05, 4.69) is 20.4 Å². The maximum absolute atomic E-state index is 13.6. The summed E-state index contributed by atoms with van der Waals surface area (Å²) in [6, 6.07) is 8.71. The van der Waals surface area contributed by atoms with Gasteiger partial charge in [0.1, 0.15) is 0 Å². The fraction of sp³-hybridized carbons (Fsp3) is 0.217. The molecule has 1 N–H and O–H groups in total. The van der Waals surface area contributed by atoms with Gasteiger partial charge < -0.3 is 5.32 Å². The molecule has 4 aromatic rings. The van der Waals surface area contributed by atoms with Gasteiger partial charge in [-0.3, -0.25) is 9.78 Å². The van der Waals surface area contributed by atoms with Crippen LogP contribution in [0.3, 0.4) is 0 Å². The predicted molar refractivity (Wildman–Crippen MR) is 115 cm³/mol. The molecule has 0 unspecified atom stereocenters. The van der Waals surface area contributed by atoms with E-state index in [0.717, 1.165) is 17.5 Å². The van der Waals surface area contributed by atoms with Crippen molar-refractivity contribution in [3.63, 3.8) is 0 Å². The predicted octanol–water partition coefficient (Wildman–Crippen LogP) is 5.30. The molecule has 164 valence electrons. The number of aryl methyl sites for hydroxylation is 3. The number of imidazole rings is 1. The van der Waals surface area contributed by atoms with Gasteiger partial charge >= 0.3 is 6.18 Å². The van der Waals surface area contributed by atoms with Crippen LogP contribution in [0.4, 0.5) is 18.9 Å². The van der Waals surface area contributed by atoms with Crippen molar-refractivity contribution < 1.29 is 18.0 Å². The van der Waals surface area contributed by atoms with Gasteiger partial charge in [0.2, 0.25) is 0 Å². The zero-order valence-corrected chi connectivity index (χ0v) is 17.9. The van der Waals surface area contributed by atoms with Crippen LogP contribution in [0.25, 0.3) is 16.9 Å². The molecular formula is C23H20F3N5O. The molecule has 0 spiro atoms. The molecule has 0 saturated carbocycles. The molecule has 32 heavy (non-hydrogen) atoms. The summed E-state index contributed by atoms with van der Waals surface area (Å²) < 4.78 is 42.1. The summed E-state index contributed by atoms with van der Waals surface area (Å²) in [6.45, 7) is 7.07. The molecule has 1 amide bonds. The van der Waals surface area contributed by atoms with Crippen LogP contribution in [0.5, 0.6) is 0 Å². The van der Waals surface area contributed by atoms with Crippen molar-refractivity contribution in [2.75, 3.05) is 5.32 Å². The Bertz CT molecular complexity index is 1340. The molecule has 0 bridgehead atoms. The fourth-order valence-electron chi connectivity index (χ4n) is 3.67. The second-order valence-corrected chi connectivity index (χ2v) is 7.61. The van der Waals surface area contributed by atoms with E-state index in [9.17, 15) is 18.0 Å². The summed E-state index contributed by atoms with van der Waals surface area (Å²) in [6.07, 6.45) is -3.18. The number of rotatable bonds is 3. The van der Waals surface area contributed by atoms with Gasteiger partial charge in [-0.05, 0) is 57.0 Å². The molecule has 0 radical (unpaired) electrons. The number of hydrogen-bond donors (Lipinski definition) is 1. The van der Waals surface area contributed by atoms with E-state index in [1.54, 1.807) is 26.0 Å². The van der Waals surface area contributed by atoms with Crippen LogP contribution in [-0.2, 0) is 6.18 Å². The van der Waals surface area contributed by atoms with Crippen molar-refractivity contribution in [2.24, 2.45) is 0 Å². The van der Waals surface area contributed by atoms with Crippen molar-refractivity contribution in [1.82, 2.24) is 19.6 Å². The number of fused-ring (bicyclic) bond motifs is 1. The van der Waals surface area contributed by atoms with Gasteiger partial charge in [0.25, 0.3) is 5.91 Å². The number of nitrogens with one attached hydrogen (secondary N) is 1. The van der Waals surface area contributed by atoms with E-state index in [4.69, 9.17) is 0 Å². The number of amides is 1. The highest BCUT2D eigenvalue weighted by molar-refractivity contribution is 6.03. The van der Waals surface area contributed by atoms with Crippen molar-refractivity contribution >= 4 is 17.2 Å². The molecule has 0 aliphatic rings. The number of pyridine rings is 1. The van der Waals surface area contributed by atoms with Crippen LogP contribution < -0.4 is 5.32 Å². The number of carbonyl (C=O) groups excluding carboxylic acids is 1. The van der Waals surface area contributed by atoms with E-state index < -0.39 is 17.6 Å². The minimum Gasteiger partial charge on any atom is -0.320 e. The van der Waals surface area contributed by atoms with Crippen molar-refractivity contribution in [2.45, 2.75) is 33.9 Å². The first-order valence-electron chi connectivity index (χ1n) is 9.84. The molecular weight excluding hydrogens is 419 g/mol. The van der Waals surface area contributed by atoms with Crippen LogP contribution in [-0.4, -0.2) is 25.5 Å². The monoisotopic (exact) mass is 439 g/mol. The molecule has 0 aliphatic heterocycles. The lowest BCUT2D eigenvalue weighted by Gasteiger charge is -2.16. The van der Waals surface area contributed by atoms with Crippen molar-refractivity contribution in [1.29, 1.82) is 0 Å². The Balaban J connectivity index is 1.85. The molecule has 0 atom stereocenters. The first kappa shape index (κ1) is 21.5. The second-order valence-electron chi connectivity index (χ2n) is 7.61. The third-order valence-corrected chi connectivity index (χ3v) is 5.25. The lowest BCUT2D eigenvalue weighted by molar-refractivity contribution is -0.137. The fourth-order valence-corrected chi connectivity index (χ4v) is 3.67. The molecule has 0 saturated heterocycles. The van der Waals surface area contributed by atoms with Crippen LogP contribution in [0.2, 0.25) is 0 Å². The van der Waals surface area contributed by atoms with Gasteiger partial charge in [0.05, 0.1) is 17.5 Å². The highest BCUT2D eigenvalue weighted by Crippen LogP contribution is 2.38. The maximum Gasteiger partial charge on any atom is 0.417 e. The summed E-state index contributed by atoms with van der Waals surface area (Å²) >= 11 is 0. The molecule has 3 aromatic heterocycles. The Hall–Kier alpha value is -3.75. The van der Waals surface area contributed by atoms with Crippen LogP contribution in [0.15, 0.2) is 42.6 Å². The number of aromatic nitrogens is 4. The number of nitrogens with zero attached hydrogens (tertiary/aromatic N) is 4. The van der Waals surface area contributed by atoms with Gasteiger partial charge in [0.15, 0.2) is 11.3 Å². The van der Waals surface area contributed by atoms with Gasteiger partial charge in [-0.15, -0.1) is 0 Å². The summed E-state index contributed by atoms with van der Waals surface area (Å²) in [5.41, 5.74) is 3.07.